The zero-order valence-electron chi connectivity index (χ0n) is 26.8. The van der Waals surface area contributed by atoms with E-state index in [1.54, 1.807) is 0 Å². The van der Waals surface area contributed by atoms with Gasteiger partial charge in [0.15, 0.2) is 0 Å². The van der Waals surface area contributed by atoms with Crippen LogP contribution in [0.2, 0.25) is 0 Å². The molecule has 0 atom stereocenters. The highest BCUT2D eigenvalue weighted by Gasteiger charge is 2.12. The molecule has 0 fully saturated rings. The predicted octanol–water partition coefficient (Wildman–Crippen LogP) is 10.0. The van der Waals surface area contributed by atoms with Crippen LogP contribution in [0.4, 0.5) is 11.4 Å². The average molecular weight is 614 g/mol. The van der Waals surface area contributed by atoms with E-state index in [4.69, 9.17) is 9.97 Å². The van der Waals surface area contributed by atoms with Gasteiger partial charge >= 0.3 is 0 Å². The lowest BCUT2D eigenvalue weighted by Gasteiger charge is -2.21. The van der Waals surface area contributed by atoms with Crippen LogP contribution < -0.4 is 10.6 Å². The second-order valence-electron chi connectivity index (χ2n) is 12.4. The molecule has 0 aliphatic rings. The number of hydrogen-bond donors (Lipinski definition) is 2. The van der Waals surface area contributed by atoms with Gasteiger partial charge < -0.3 is 15.5 Å². The third kappa shape index (κ3) is 5.79. The maximum Gasteiger partial charge on any atom is 0.0736 e. The first-order chi connectivity index (χ1) is 23.2. The van der Waals surface area contributed by atoms with Crippen molar-refractivity contribution in [1.29, 1.82) is 0 Å². The first-order valence-corrected chi connectivity index (χ1v) is 16.9. The summed E-state index contributed by atoms with van der Waals surface area (Å²) in [6.07, 6.45) is 2.14. The molecule has 0 saturated carbocycles. The topological polar surface area (TPSA) is 53.1 Å². The van der Waals surface area contributed by atoms with Gasteiger partial charge in [-0.3, -0.25) is 0 Å². The summed E-state index contributed by atoms with van der Waals surface area (Å²) in [7, 11) is 0. The Hall–Kier alpha value is -5.26. The molecule has 0 amide bonds. The predicted molar refractivity (Wildman–Crippen MR) is 202 cm³/mol. The molecule has 6 aromatic carbocycles. The standard InChI is InChI=1S/C42H39N5/c1-2-47(23-11-21-43-41-33-17-7-9-19-37(33)45-39-27-31-15-5-3-13-29(31)25-35(39)41)24-12-22-44-42-34-18-8-10-20-38(34)46-40-28-32-16-6-4-14-30(32)26-36(40)42/h3-10,13-20,25-28H,2,11-12,21-24H2,1H3,(H,43,45)(H,44,46). The third-order valence-corrected chi connectivity index (χ3v) is 9.45. The van der Waals surface area contributed by atoms with Crippen molar-refractivity contribution < 1.29 is 0 Å². The molecule has 0 aliphatic carbocycles. The van der Waals surface area contributed by atoms with Gasteiger partial charge in [-0.25, -0.2) is 9.97 Å². The summed E-state index contributed by atoms with van der Waals surface area (Å²) < 4.78 is 0. The summed E-state index contributed by atoms with van der Waals surface area (Å²) in [5, 5.41) is 17.3. The van der Waals surface area contributed by atoms with Crippen LogP contribution in [0.5, 0.6) is 0 Å². The number of hydrogen-bond acceptors (Lipinski definition) is 5. The second-order valence-corrected chi connectivity index (χ2v) is 12.4. The Morgan fingerprint density at radius 3 is 1.32 bits per heavy atom. The average Bonchev–Trinajstić information content (AvgIpc) is 3.11. The van der Waals surface area contributed by atoms with Crippen LogP contribution in [-0.4, -0.2) is 47.6 Å². The molecule has 5 heteroatoms. The molecule has 8 aromatic rings. The number of benzene rings is 6. The lowest BCUT2D eigenvalue weighted by Crippen LogP contribution is -2.28. The van der Waals surface area contributed by atoms with E-state index >= 15 is 0 Å². The number of anilines is 2. The van der Waals surface area contributed by atoms with E-state index in [0.717, 1.165) is 67.6 Å². The maximum absolute atomic E-state index is 5.01. The van der Waals surface area contributed by atoms with E-state index in [0.29, 0.717) is 0 Å². The molecule has 2 N–H and O–H groups in total. The fourth-order valence-corrected chi connectivity index (χ4v) is 7.00. The molecule has 0 spiro atoms. The van der Waals surface area contributed by atoms with Gasteiger partial charge in [-0.05, 0) is 90.4 Å². The lowest BCUT2D eigenvalue weighted by molar-refractivity contribution is 0.286. The summed E-state index contributed by atoms with van der Waals surface area (Å²) in [5.74, 6) is 0. The van der Waals surface area contributed by atoms with Crippen molar-refractivity contribution in [3.05, 3.63) is 121 Å². The molecule has 232 valence electrons. The van der Waals surface area contributed by atoms with Crippen molar-refractivity contribution in [1.82, 2.24) is 14.9 Å². The smallest absolute Gasteiger partial charge is 0.0736 e. The lowest BCUT2D eigenvalue weighted by atomic mass is 10.0. The third-order valence-electron chi connectivity index (χ3n) is 9.45. The minimum atomic E-state index is 0.910. The number of rotatable bonds is 11. The van der Waals surface area contributed by atoms with Gasteiger partial charge in [0.1, 0.15) is 0 Å². The van der Waals surface area contributed by atoms with Crippen LogP contribution in [0.25, 0.3) is 65.2 Å². The van der Waals surface area contributed by atoms with E-state index in [1.807, 2.05) is 0 Å². The molecule has 8 rings (SSSR count). The highest BCUT2D eigenvalue weighted by atomic mass is 15.1. The minimum Gasteiger partial charge on any atom is -0.384 e. The molecule has 0 aliphatic heterocycles. The minimum absolute atomic E-state index is 0.910. The summed E-state index contributed by atoms with van der Waals surface area (Å²) in [6.45, 7) is 7.24. The maximum atomic E-state index is 5.01. The van der Waals surface area contributed by atoms with Crippen molar-refractivity contribution in [2.45, 2.75) is 19.8 Å². The monoisotopic (exact) mass is 613 g/mol. The van der Waals surface area contributed by atoms with Gasteiger partial charge in [0.25, 0.3) is 0 Å². The second kappa shape index (κ2) is 12.9. The molecule has 47 heavy (non-hydrogen) atoms. The summed E-state index contributed by atoms with van der Waals surface area (Å²) in [6, 6.07) is 43.0. The van der Waals surface area contributed by atoms with Crippen molar-refractivity contribution in [3.8, 4) is 0 Å². The number of para-hydroxylation sites is 2. The molecular weight excluding hydrogens is 574 g/mol. The Morgan fingerprint density at radius 2 is 0.872 bits per heavy atom. The van der Waals surface area contributed by atoms with E-state index in [9.17, 15) is 0 Å². The Bertz CT molecular complexity index is 2200. The molecule has 5 nitrogen and oxygen atoms in total. The molecule has 0 unspecified atom stereocenters. The van der Waals surface area contributed by atoms with E-state index in [2.05, 4.69) is 144 Å². The summed E-state index contributed by atoms with van der Waals surface area (Å²) >= 11 is 0. The van der Waals surface area contributed by atoms with Gasteiger partial charge in [-0.15, -0.1) is 0 Å². The van der Waals surface area contributed by atoms with E-state index in [1.165, 1.54) is 54.5 Å². The Morgan fingerprint density at radius 1 is 0.468 bits per heavy atom. The number of nitrogens with one attached hydrogen (secondary N) is 2. The fraction of sp³-hybridized carbons (Fsp3) is 0.190. The van der Waals surface area contributed by atoms with Crippen molar-refractivity contribution in [2.75, 3.05) is 43.4 Å². The molecular formula is C42H39N5. The fourth-order valence-electron chi connectivity index (χ4n) is 7.00. The number of nitrogens with zero attached hydrogens (tertiary/aromatic N) is 3. The Kier molecular flexibility index (Phi) is 7.98. The van der Waals surface area contributed by atoms with Crippen molar-refractivity contribution >= 4 is 76.5 Å². The van der Waals surface area contributed by atoms with Crippen LogP contribution in [-0.2, 0) is 0 Å². The Balaban J connectivity index is 0.935. The quantitative estimate of drug-likeness (QED) is 0.112. The molecule has 2 aromatic heterocycles. The van der Waals surface area contributed by atoms with Gasteiger partial charge in [-0.1, -0.05) is 91.9 Å². The highest BCUT2D eigenvalue weighted by Crippen LogP contribution is 2.35. The van der Waals surface area contributed by atoms with Gasteiger partial charge in [0.2, 0.25) is 0 Å². The van der Waals surface area contributed by atoms with Crippen LogP contribution in [0.1, 0.15) is 19.8 Å². The van der Waals surface area contributed by atoms with Crippen molar-refractivity contribution in [2.24, 2.45) is 0 Å². The molecule has 0 saturated heterocycles. The normalized spacial score (nSPS) is 11.9. The molecule has 0 bridgehead atoms. The van der Waals surface area contributed by atoms with E-state index in [-0.39, 0.29) is 0 Å². The number of aromatic nitrogens is 2. The van der Waals surface area contributed by atoms with Crippen molar-refractivity contribution in [3.63, 3.8) is 0 Å². The van der Waals surface area contributed by atoms with Crippen LogP contribution in [0.15, 0.2) is 121 Å². The van der Waals surface area contributed by atoms with Crippen LogP contribution in [0.3, 0.4) is 0 Å². The SMILES string of the molecule is CCN(CCCNc1c2ccccc2nc2cc3ccccc3cc12)CCCNc1c2ccccc2nc2cc3ccccc3cc12. The highest BCUT2D eigenvalue weighted by molar-refractivity contribution is 6.12. The summed E-state index contributed by atoms with van der Waals surface area (Å²) in [5.41, 5.74) is 6.51. The van der Waals surface area contributed by atoms with Gasteiger partial charge in [-0.2, -0.15) is 0 Å². The van der Waals surface area contributed by atoms with E-state index < -0.39 is 0 Å². The zero-order chi connectivity index (χ0) is 31.6. The largest absolute Gasteiger partial charge is 0.384 e. The Labute approximate surface area is 275 Å². The first-order valence-electron chi connectivity index (χ1n) is 16.9. The van der Waals surface area contributed by atoms with Gasteiger partial charge in [0.05, 0.1) is 33.4 Å². The zero-order valence-corrected chi connectivity index (χ0v) is 26.8. The number of pyridine rings is 2. The molecule has 0 radical (unpaired) electrons. The first kappa shape index (κ1) is 29.2. The molecule has 2 heterocycles. The van der Waals surface area contributed by atoms with Crippen LogP contribution in [0, 0.1) is 0 Å². The van der Waals surface area contributed by atoms with Crippen LogP contribution >= 0.6 is 0 Å². The number of fused-ring (bicyclic) bond motifs is 6. The summed E-state index contributed by atoms with van der Waals surface area (Å²) in [4.78, 5) is 12.6. The van der Waals surface area contributed by atoms with Gasteiger partial charge in [0, 0.05) is 34.6 Å².